The van der Waals surface area contributed by atoms with Crippen molar-refractivity contribution in [1.29, 1.82) is 0 Å². The molecule has 1 atom stereocenters. The van der Waals surface area contributed by atoms with Crippen molar-refractivity contribution in [3.8, 4) is 0 Å². The molecular formula is C15H23N. The molecule has 1 fully saturated rings. The number of nitrogens with one attached hydrogen (secondary N) is 1. The van der Waals surface area contributed by atoms with Gasteiger partial charge in [-0.3, -0.25) is 0 Å². The van der Waals surface area contributed by atoms with Gasteiger partial charge in [0, 0.05) is 12.1 Å². The van der Waals surface area contributed by atoms with Crippen LogP contribution in [0.25, 0.3) is 0 Å². The van der Waals surface area contributed by atoms with Gasteiger partial charge in [0.15, 0.2) is 0 Å². The lowest BCUT2D eigenvalue weighted by molar-refractivity contribution is 0.461. The second-order valence-electron chi connectivity index (χ2n) is 5.29. The van der Waals surface area contributed by atoms with E-state index in [1.165, 1.54) is 42.4 Å². The first-order valence-electron chi connectivity index (χ1n) is 6.49. The largest absolute Gasteiger partial charge is 0.307 e. The van der Waals surface area contributed by atoms with Crippen molar-refractivity contribution in [2.24, 2.45) is 0 Å². The zero-order chi connectivity index (χ0) is 11.5. The van der Waals surface area contributed by atoms with Crippen LogP contribution in [0.15, 0.2) is 18.2 Å². The molecule has 1 saturated carbocycles. The van der Waals surface area contributed by atoms with Crippen molar-refractivity contribution >= 4 is 0 Å². The molecule has 0 spiro atoms. The van der Waals surface area contributed by atoms with E-state index in [4.69, 9.17) is 0 Å². The van der Waals surface area contributed by atoms with E-state index < -0.39 is 0 Å². The molecule has 0 heterocycles. The third-order valence-corrected chi connectivity index (χ3v) is 3.58. The molecule has 1 N–H and O–H groups in total. The lowest BCUT2D eigenvalue weighted by Gasteiger charge is -2.20. The molecule has 2 rings (SSSR count). The summed E-state index contributed by atoms with van der Waals surface area (Å²) in [5.41, 5.74) is 4.18. The molecule has 0 aromatic heterocycles. The topological polar surface area (TPSA) is 12.0 Å². The van der Waals surface area contributed by atoms with E-state index in [9.17, 15) is 0 Å². The fourth-order valence-corrected chi connectivity index (χ4v) is 2.80. The Bertz CT molecular complexity index is 330. The molecule has 1 aromatic rings. The van der Waals surface area contributed by atoms with Gasteiger partial charge in [0.25, 0.3) is 0 Å². The van der Waals surface area contributed by atoms with Crippen LogP contribution in [0.3, 0.4) is 0 Å². The molecule has 1 aromatic carbocycles. The van der Waals surface area contributed by atoms with Crippen molar-refractivity contribution < 1.29 is 0 Å². The Balaban J connectivity index is 2.04. The Morgan fingerprint density at radius 2 is 1.62 bits per heavy atom. The number of aryl methyl sites for hydroxylation is 2. The molecule has 0 aliphatic heterocycles. The van der Waals surface area contributed by atoms with Gasteiger partial charge in [-0.25, -0.2) is 0 Å². The average molecular weight is 217 g/mol. The fraction of sp³-hybridized carbons (Fsp3) is 0.600. The van der Waals surface area contributed by atoms with E-state index in [1.807, 2.05) is 0 Å². The van der Waals surface area contributed by atoms with Crippen LogP contribution in [0.5, 0.6) is 0 Å². The first-order valence-corrected chi connectivity index (χ1v) is 6.49. The summed E-state index contributed by atoms with van der Waals surface area (Å²) in [5, 5.41) is 3.75. The first kappa shape index (κ1) is 11.7. The van der Waals surface area contributed by atoms with Crippen LogP contribution < -0.4 is 5.32 Å². The SMILES string of the molecule is Cc1cc(C)cc(C(C)NC2CCCC2)c1. The van der Waals surface area contributed by atoms with Crippen LogP contribution in [0.4, 0.5) is 0 Å². The van der Waals surface area contributed by atoms with Crippen LogP contribution in [0.2, 0.25) is 0 Å². The number of rotatable bonds is 3. The monoisotopic (exact) mass is 217 g/mol. The Labute approximate surface area is 99.3 Å². The quantitative estimate of drug-likeness (QED) is 0.809. The van der Waals surface area contributed by atoms with Gasteiger partial charge in [0.2, 0.25) is 0 Å². The summed E-state index contributed by atoms with van der Waals surface area (Å²) < 4.78 is 0. The lowest BCUT2D eigenvalue weighted by atomic mass is 10.0. The summed E-state index contributed by atoms with van der Waals surface area (Å²) in [7, 11) is 0. The van der Waals surface area contributed by atoms with Crippen molar-refractivity contribution in [2.45, 2.75) is 58.5 Å². The lowest BCUT2D eigenvalue weighted by Crippen LogP contribution is -2.28. The van der Waals surface area contributed by atoms with E-state index >= 15 is 0 Å². The first-order chi connectivity index (χ1) is 7.65. The van der Waals surface area contributed by atoms with Gasteiger partial charge in [-0.2, -0.15) is 0 Å². The molecule has 1 aliphatic rings. The molecule has 0 amide bonds. The normalized spacial score (nSPS) is 18.9. The third kappa shape index (κ3) is 2.85. The van der Waals surface area contributed by atoms with E-state index in [1.54, 1.807) is 0 Å². The minimum atomic E-state index is 0.488. The summed E-state index contributed by atoms with van der Waals surface area (Å²) in [5.74, 6) is 0. The van der Waals surface area contributed by atoms with E-state index in [0.717, 1.165) is 6.04 Å². The molecule has 88 valence electrons. The highest BCUT2D eigenvalue weighted by Gasteiger charge is 2.17. The highest BCUT2D eigenvalue weighted by Crippen LogP contribution is 2.23. The zero-order valence-electron chi connectivity index (χ0n) is 10.7. The standard InChI is InChI=1S/C15H23N/c1-11-8-12(2)10-14(9-11)13(3)16-15-6-4-5-7-15/h8-10,13,15-16H,4-7H2,1-3H3. The second-order valence-corrected chi connectivity index (χ2v) is 5.29. The van der Waals surface area contributed by atoms with Crippen molar-refractivity contribution in [3.63, 3.8) is 0 Å². The molecule has 1 aliphatic carbocycles. The van der Waals surface area contributed by atoms with Crippen LogP contribution >= 0.6 is 0 Å². The third-order valence-electron chi connectivity index (χ3n) is 3.58. The number of hydrogen-bond donors (Lipinski definition) is 1. The average Bonchev–Trinajstić information content (AvgIpc) is 2.68. The van der Waals surface area contributed by atoms with Gasteiger partial charge < -0.3 is 5.32 Å². The summed E-state index contributed by atoms with van der Waals surface area (Å²) in [4.78, 5) is 0. The predicted molar refractivity (Wildman–Crippen MR) is 69.7 cm³/mol. The minimum absolute atomic E-state index is 0.488. The molecule has 1 heteroatoms. The fourth-order valence-electron chi connectivity index (χ4n) is 2.80. The van der Waals surface area contributed by atoms with Crippen molar-refractivity contribution in [1.82, 2.24) is 5.32 Å². The summed E-state index contributed by atoms with van der Waals surface area (Å²) in [6, 6.07) is 8.09. The molecule has 0 saturated heterocycles. The van der Waals surface area contributed by atoms with Crippen molar-refractivity contribution in [3.05, 3.63) is 34.9 Å². The van der Waals surface area contributed by atoms with Gasteiger partial charge in [-0.05, 0) is 39.2 Å². The van der Waals surface area contributed by atoms with Gasteiger partial charge in [0.1, 0.15) is 0 Å². The van der Waals surface area contributed by atoms with Gasteiger partial charge in [-0.1, -0.05) is 42.2 Å². The Morgan fingerprint density at radius 3 is 2.19 bits per heavy atom. The smallest absolute Gasteiger partial charge is 0.0294 e. The van der Waals surface area contributed by atoms with E-state index in [0.29, 0.717) is 6.04 Å². The van der Waals surface area contributed by atoms with Gasteiger partial charge >= 0.3 is 0 Å². The van der Waals surface area contributed by atoms with Gasteiger partial charge in [0.05, 0.1) is 0 Å². The molecule has 16 heavy (non-hydrogen) atoms. The highest BCUT2D eigenvalue weighted by molar-refractivity contribution is 5.30. The van der Waals surface area contributed by atoms with Crippen LogP contribution in [-0.2, 0) is 0 Å². The molecular weight excluding hydrogens is 194 g/mol. The maximum Gasteiger partial charge on any atom is 0.0294 e. The molecule has 0 radical (unpaired) electrons. The molecule has 1 nitrogen and oxygen atoms in total. The summed E-state index contributed by atoms with van der Waals surface area (Å²) in [6.07, 6.45) is 5.51. The summed E-state index contributed by atoms with van der Waals surface area (Å²) >= 11 is 0. The molecule has 1 unspecified atom stereocenters. The van der Waals surface area contributed by atoms with Crippen molar-refractivity contribution in [2.75, 3.05) is 0 Å². The summed E-state index contributed by atoms with van der Waals surface area (Å²) in [6.45, 7) is 6.64. The van der Waals surface area contributed by atoms with Gasteiger partial charge in [-0.15, -0.1) is 0 Å². The van der Waals surface area contributed by atoms with Crippen LogP contribution in [0, 0.1) is 13.8 Å². The van der Waals surface area contributed by atoms with E-state index in [2.05, 4.69) is 44.3 Å². The number of benzene rings is 1. The highest BCUT2D eigenvalue weighted by atomic mass is 14.9. The van der Waals surface area contributed by atoms with E-state index in [-0.39, 0.29) is 0 Å². The minimum Gasteiger partial charge on any atom is -0.307 e. The number of hydrogen-bond acceptors (Lipinski definition) is 1. The maximum absolute atomic E-state index is 3.75. The van der Waals surface area contributed by atoms with Crippen LogP contribution in [-0.4, -0.2) is 6.04 Å². The maximum atomic E-state index is 3.75. The Morgan fingerprint density at radius 1 is 1.06 bits per heavy atom. The predicted octanol–water partition coefficient (Wildman–Crippen LogP) is 3.90. The Kier molecular flexibility index (Phi) is 3.65. The second kappa shape index (κ2) is 5.01. The Hall–Kier alpha value is -0.820. The zero-order valence-corrected chi connectivity index (χ0v) is 10.7. The van der Waals surface area contributed by atoms with Crippen LogP contribution in [0.1, 0.15) is 55.3 Å². The molecule has 0 bridgehead atoms.